The van der Waals surface area contributed by atoms with Crippen LogP contribution in [0.5, 0.6) is 5.75 Å². The van der Waals surface area contributed by atoms with Gasteiger partial charge in [0, 0.05) is 24.2 Å². The van der Waals surface area contributed by atoms with E-state index in [-0.39, 0.29) is 18.3 Å². The van der Waals surface area contributed by atoms with Crippen molar-refractivity contribution in [2.75, 3.05) is 20.7 Å². The molecule has 164 valence electrons. The minimum Gasteiger partial charge on any atom is -0.483 e. The molecule has 0 radical (unpaired) electrons. The van der Waals surface area contributed by atoms with Crippen LogP contribution in [0.1, 0.15) is 11.1 Å². The molecule has 0 saturated heterocycles. The van der Waals surface area contributed by atoms with Crippen LogP contribution < -0.4 is 10.1 Å². The van der Waals surface area contributed by atoms with Crippen molar-refractivity contribution in [3.05, 3.63) is 83.7 Å². The van der Waals surface area contributed by atoms with E-state index in [0.29, 0.717) is 18.8 Å². The van der Waals surface area contributed by atoms with Gasteiger partial charge in [-0.2, -0.15) is 0 Å². The number of fused-ring (bicyclic) bond motifs is 1. The maximum Gasteiger partial charge on any atom is 0.258 e. The highest BCUT2D eigenvalue weighted by atomic mass is 32.1. The zero-order valence-corrected chi connectivity index (χ0v) is 18.8. The number of ether oxygens (including phenoxy) is 1. The Kier molecular flexibility index (Phi) is 6.78. The SMILES string of the molecule is CN(C)Cc1cc(-c2nc3ccccc3s2)ccc1OCC(=O)NCc1ccc(F)cc1. The van der Waals surface area contributed by atoms with Gasteiger partial charge in [0.05, 0.1) is 10.2 Å². The van der Waals surface area contributed by atoms with Crippen LogP contribution in [0.25, 0.3) is 20.8 Å². The second-order valence-corrected chi connectivity index (χ2v) is 8.77. The number of rotatable bonds is 8. The number of thiazole rings is 1. The van der Waals surface area contributed by atoms with Gasteiger partial charge in [-0.25, -0.2) is 9.37 Å². The molecule has 0 saturated carbocycles. The molecule has 1 N–H and O–H groups in total. The predicted molar refractivity (Wildman–Crippen MR) is 126 cm³/mol. The smallest absolute Gasteiger partial charge is 0.258 e. The van der Waals surface area contributed by atoms with Crippen molar-refractivity contribution >= 4 is 27.5 Å². The van der Waals surface area contributed by atoms with Crippen LogP contribution in [-0.2, 0) is 17.9 Å². The summed E-state index contributed by atoms with van der Waals surface area (Å²) >= 11 is 1.65. The molecule has 0 aliphatic rings. The average molecular weight is 450 g/mol. The number of nitrogens with one attached hydrogen (secondary N) is 1. The minimum absolute atomic E-state index is 0.0951. The number of carbonyl (C=O) groups excluding carboxylic acids is 1. The van der Waals surface area contributed by atoms with E-state index < -0.39 is 0 Å². The number of nitrogens with zero attached hydrogens (tertiary/aromatic N) is 2. The lowest BCUT2D eigenvalue weighted by Gasteiger charge is -2.16. The lowest BCUT2D eigenvalue weighted by molar-refractivity contribution is -0.123. The van der Waals surface area contributed by atoms with Gasteiger partial charge in [-0.15, -0.1) is 11.3 Å². The Bertz CT molecular complexity index is 1190. The van der Waals surface area contributed by atoms with E-state index in [1.54, 1.807) is 23.5 Å². The third kappa shape index (κ3) is 5.49. The van der Waals surface area contributed by atoms with E-state index in [9.17, 15) is 9.18 Å². The maximum absolute atomic E-state index is 13.0. The molecule has 0 bridgehead atoms. The first-order chi connectivity index (χ1) is 15.5. The van der Waals surface area contributed by atoms with Crippen molar-refractivity contribution in [2.45, 2.75) is 13.1 Å². The highest BCUT2D eigenvalue weighted by Crippen LogP contribution is 2.33. The van der Waals surface area contributed by atoms with Crippen LogP contribution in [0.4, 0.5) is 4.39 Å². The number of hydrogen-bond acceptors (Lipinski definition) is 5. The summed E-state index contributed by atoms with van der Waals surface area (Å²) in [6.45, 7) is 0.900. The first-order valence-corrected chi connectivity index (χ1v) is 11.1. The fourth-order valence-electron chi connectivity index (χ4n) is 3.31. The molecular weight excluding hydrogens is 425 g/mol. The van der Waals surface area contributed by atoms with E-state index in [1.807, 2.05) is 44.4 Å². The monoisotopic (exact) mass is 449 g/mol. The van der Waals surface area contributed by atoms with Crippen LogP contribution in [-0.4, -0.2) is 36.5 Å². The summed E-state index contributed by atoms with van der Waals surface area (Å²) in [5, 5.41) is 3.75. The number of amides is 1. The first-order valence-electron chi connectivity index (χ1n) is 10.3. The van der Waals surface area contributed by atoms with Crippen LogP contribution in [0.2, 0.25) is 0 Å². The van der Waals surface area contributed by atoms with Crippen LogP contribution in [0.15, 0.2) is 66.7 Å². The molecule has 0 aliphatic heterocycles. The molecule has 4 rings (SSSR count). The van der Waals surface area contributed by atoms with Crippen LogP contribution >= 0.6 is 11.3 Å². The molecule has 3 aromatic carbocycles. The van der Waals surface area contributed by atoms with Gasteiger partial charge in [0.1, 0.15) is 16.6 Å². The molecule has 1 aromatic heterocycles. The number of aromatic nitrogens is 1. The van der Waals surface area contributed by atoms with Gasteiger partial charge in [-0.05, 0) is 62.1 Å². The molecule has 0 fully saturated rings. The molecule has 0 unspecified atom stereocenters. The Labute approximate surface area is 190 Å². The van der Waals surface area contributed by atoms with Gasteiger partial charge in [0.25, 0.3) is 5.91 Å². The van der Waals surface area contributed by atoms with Gasteiger partial charge in [-0.1, -0.05) is 24.3 Å². The predicted octanol–water partition coefficient (Wildman–Crippen LogP) is 4.86. The highest BCUT2D eigenvalue weighted by Gasteiger charge is 2.12. The summed E-state index contributed by atoms with van der Waals surface area (Å²) in [5.74, 6) is 0.131. The summed E-state index contributed by atoms with van der Waals surface area (Å²) in [4.78, 5) is 19.0. The van der Waals surface area contributed by atoms with Crippen LogP contribution in [0, 0.1) is 5.82 Å². The van der Waals surface area contributed by atoms with E-state index in [1.165, 1.54) is 12.1 Å². The quantitative estimate of drug-likeness (QED) is 0.417. The lowest BCUT2D eigenvalue weighted by atomic mass is 10.1. The summed E-state index contributed by atoms with van der Waals surface area (Å²) < 4.78 is 20.0. The molecule has 0 aliphatic carbocycles. The van der Waals surface area contributed by atoms with Gasteiger partial charge < -0.3 is 15.0 Å². The van der Waals surface area contributed by atoms with Gasteiger partial charge in [-0.3, -0.25) is 4.79 Å². The number of hydrogen-bond donors (Lipinski definition) is 1. The van der Waals surface area contributed by atoms with Crippen molar-refractivity contribution < 1.29 is 13.9 Å². The number of carbonyl (C=O) groups is 1. The van der Waals surface area contributed by atoms with Gasteiger partial charge in [0.15, 0.2) is 6.61 Å². The van der Waals surface area contributed by atoms with E-state index in [0.717, 1.165) is 31.9 Å². The second-order valence-electron chi connectivity index (χ2n) is 7.74. The molecule has 7 heteroatoms. The fourth-order valence-corrected chi connectivity index (χ4v) is 4.27. The van der Waals surface area contributed by atoms with Gasteiger partial charge in [0.2, 0.25) is 0 Å². The zero-order chi connectivity index (χ0) is 22.5. The first kappa shape index (κ1) is 21.9. The Balaban J connectivity index is 1.45. The zero-order valence-electron chi connectivity index (χ0n) is 18.0. The Morgan fingerprint density at radius 1 is 1.09 bits per heavy atom. The Hall–Kier alpha value is -3.29. The lowest BCUT2D eigenvalue weighted by Crippen LogP contribution is -2.28. The second kappa shape index (κ2) is 9.89. The third-order valence-electron chi connectivity index (χ3n) is 4.85. The summed E-state index contributed by atoms with van der Waals surface area (Å²) in [6, 6.07) is 20.1. The largest absolute Gasteiger partial charge is 0.483 e. The molecule has 32 heavy (non-hydrogen) atoms. The van der Waals surface area contributed by atoms with Crippen molar-refractivity contribution in [2.24, 2.45) is 0 Å². The van der Waals surface area contributed by atoms with Crippen molar-refractivity contribution in [1.29, 1.82) is 0 Å². The molecule has 1 heterocycles. The highest BCUT2D eigenvalue weighted by molar-refractivity contribution is 7.21. The Morgan fingerprint density at radius 3 is 2.62 bits per heavy atom. The fraction of sp³-hybridized carbons (Fsp3) is 0.200. The number of para-hydroxylation sites is 1. The number of benzene rings is 3. The van der Waals surface area contributed by atoms with Crippen LogP contribution in [0.3, 0.4) is 0 Å². The van der Waals surface area contributed by atoms with E-state index >= 15 is 0 Å². The van der Waals surface area contributed by atoms with Crippen molar-refractivity contribution in [3.8, 4) is 16.3 Å². The topological polar surface area (TPSA) is 54.5 Å². The van der Waals surface area contributed by atoms with E-state index in [2.05, 4.69) is 22.3 Å². The standard InChI is InChI=1S/C25H24FN3O2S/c1-29(2)15-19-13-18(25-28-21-5-3-4-6-23(21)32-25)9-12-22(19)31-16-24(30)27-14-17-7-10-20(26)11-8-17/h3-13H,14-16H2,1-2H3,(H,27,30). The molecule has 1 amide bonds. The average Bonchev–Trinajstić information content (AvgIpc) is 3.22. The third-order valence-corrected chi connectivity index (χ3v) is 5.94. The molecule has 0 spiro atoms. The Morgan fingerprint density at radius 2 is 1.88 bits per heavy atom. The normalized spacial score (nSPS) is 11.1. The number of halogens is 1. The minimum atomic E-state index is -0.300. The van der Waals surface area contributed by atoms with E-state index in [4.69, 9.17) is 9.72 Å². The van der Waals surface area contributed by atoms with Crippen molar-refractivity contribution in [3.63, 3.8) is 0 Å². The molecular formula is C25H24FN3O2S. The molecule has 5 nitrogen and oxygen atoms in total. The molecule has 4 aromatic rings. The summed E-state index contributed by atoms with van der Waals surface area (Å²) in [5.41, 5.74) is 3.82. The summed E-state index contributed by atoms with van der Waals surface area (Å²) in [6.07, 6.45) is 0. The van der Waals surface area contributed by atoms with Crippen molar-refractivity contribution in [1.82, 2.24) is 15.2 Å². The maximum atomic E-state index is 13.0. The molecule has 0 atom stereocenters. The summed E-state index contributed by atoms with van der Waals surface area (Å²) in [7, 11) is 3.98. The van der Waals surface area contributed by atoms with Gasteiger partial charge >= 0.3 is 0 Å².